The molecular weight excluding hydrogens is 759 g/mol. The van der Waals surface area contributed by atoms with Crippen LogP contribution >= 0.6 is 0 Å². The van der Waals surface area contributed by atoms with Crippen LogP contribution in [0.2, 0.25) is 24.6 Å². The molecule has 37 heavy (non-hydrogen) atoms. The van der Waals surface area contributed by atoms with Crippen LogP contribution in [0.25, 0.3) is 16.0 Å². The van der Waals surface area contributed by atoms with Crippen molar-refractivity contribution in [2.24, 2.45) is 15.0 Å². The van der Waals surface area contributed by atoms with Crippen LogP contribution < -0.4 is 0 Å². The van der Waals surface area contributed by atoms with Gasteiger partial charge in [-0.1, -0.05) is 101 Å². The van der Waals surface area contributed by atoms with Crippen molar-refractivity contribution in [2.45, 2.75) is 165 Å². The Morgan fingerprint density at radius 1 is 0.541 bits per heavy atom. The summed E-state index contributed by atoms with van der Waals surface area (Å²) in [6.07, 6.45) is 0. The number of nitrogens with zero attached hydrogens (tertiary/aromatic N) is 6. The zero-order chi connectivity index (χ0) is 29.6. The van der Waals surface area contributed by atoms with E-state index in [9.17, 15) is 0 Å². The molecule has 0 rings (SSSR count). The molecule has 0 aromatic heterocycles. The van der Waals surface area contributed by atoms with Crippen molar-refractivity contribution in [1.29, 1.82) is 0 Å². The van der Waals surface area contributed by atoms with Crippen LogP contribution in [0, 0.1) is 39.9 Å². The Morgan fingerprint density at radius 2 is 0.703 bits per heavy atom. The summed E-state index contributed by atoms with van der Waals surface area (Å²) in [5, 5.41) is 12.8. The molecule has 0 saturated heterocycles. The van der Waals surface area contributed by atoms with Gasteiger partial charge in [0.05, 0.1) is 0 Å². The van der Waals surface area contributed by atoms with Crippen LogP contribution in [0.3, 0.4) is 0 Å². The van der Waals surface area contributed by atoms with Crippen LogP contribution in [-0.2, 0) is 0 Å². The first-order chi connectivity index (χ1) is 16.1. The quantitative estimate of drug-likeness (QED) is 0.140. The van der Waals surface area contributed by atoms with E-state index in [0.29, 0.717) is 36.3 Å². The van der Waals surface area contributed by atoms with Crippen LogP contribution in [0.1, 0.15) is 104 Å². The molecule has 0 aliphatic rings. The smallest absolute Gasteiger partial charge is 4.00 e. The summed E-state index contributed by atoms with van der Waals surface area (Å²) in [7, 11) is -0.687. The standard InChI is InChI=1S/3C8H17N2.C4H12SeSi.Th/c3*1-6(2)9-8(5)10-7(3)4;1-6(2,3)4-5;/h3*6-7H,1-5H3;5H,4H2,1-3H3;/q3*-1;;+4/p-1. The van der Waals surface area contributed by atoms with Crippen molar-refractivity contribution in [3.8, 4) is 0 Å². The topological polar surface area (TPSA) is 79.4 Å². The van der Waals surface area contributed by atoms with Gasteiger partial charge in [-0.2, -0.15) is 0 Å². The maximum atomic E-state index is 4.27. The minimum atomic E-state index is -0.687. The van der Waals surface area contributed by atoms with Crippen LogP contribution in [0.15, 0.2) is 15.0 Å². The zero-order valence-corrected chi connectivity index (χ0v) is 34.6. The maximum absolute atomic E-state index is 4.27. The summed E-state index contributed by atoms with van der Waals surface area (Å²) in [5.41, 5.74) is 0. The van der Waals surface area contributed by atoms with Gasteiger partial charge < -0.3 is 30.9 Å². The van der Waals surface area contributed by atoms with E-state index in [0.717, 1.165) is 17.5 Å². The average Bonchev–Trinajstić information content (AvgIpc) is 2.58. The van der Waals surface area contributed by atoms with Gasteiger partial charge in [-0.15, -0.1) is 0 Å². The number of aliphatic imine (C=N–C) groups is 3. The molecule has 0 aromatic carbocycles. The zero-order valence-electron chi connectivity index (χ0n) is 27.8. The molecule has 218 valence electrons. The van der Waals surface area contributed by atoms with E-state index in [1.807, 2.05) is 20.8 Å². The van der Waals surface area contributed by atoms with Crippen molar-refractivity contribution in [1.82, 2.24) is 0 Å². The van der Waals surface area contributed by atoms with Gasteiger partial charge in [0.15, 0.2) is 0 Å². The number of amidine groups is 3. The molecule has 0 saturated carbocycles. The normalized spacial score (nSPS) is 12.4. The van der Waals surface area contributed by atoms with E-state index in [1.54, 1.807) is 0 Å². The fraction of sp³-hybridized carbons (Fsp3) is 0.893. The fourth-order valence-corrected chi connectivity index (χ4v) is 2.34. The third-order valence-electron chi connectivity index (χ3n) is 3.10. The van der Waals surface area contributed by atoms with E-state index < -0.39 is 8.07 Å². The predicted molar refractivity (Wildman–Crippen MR) is 174 cm³/mol. The fourth-order valence-electron chi connectivity index (χ4n) is 2.34. The number of hydrogen-bond donors (Lipinski definition) is 0. The van der Waals surface area contributed by atoms with E-state index in [2.05, 4.69) is 150 Å². The molecular formula is C28H62N6SeSiTh. The Bertz CT molecular complexity index is 525. The van der Waals surface area contributed by atoms with Gasteiger partial charge in [-0.05, 0) is 57.0 Å². The van der Waals surface area contributed by atoms with Crippen LogP contribution in [0.5, 0.6) is 0 Å². The van der Waals surface area contributed by atoms with Gasteiger partial charge in [0.25, 0.3) is 0 Å². The molecule has 9 heteroatoms. The SMILES string of the molecule is CC(=NC(C)C)[N-]C(C)C.CC(=NC(C)C)[N-]C(C)C.CC(=NC(C)C)[N-]C(C)C.C[Si](C)(C)C[Se-].[Th+4]. The van der Waals surface area contributed by atoms with Crippen molar-refractivity contribution >= 4 is 41.6 Å². The van der Waals surface area contributed by atoms with Gasteiger partial charge in [-0.25, -0.2) is 0 Å². The van der Waals surface area contributed by atoms with Gasteiger partial charge in [0.1, 0.15) is 0 Å². The molecule has 0 bridgehead atoms. The molecule has 0 amide bonds. The molecule has 0 unspecified atom stereocenters. The first-order valence-electron chi connectivity index (χ1n) is 13.5. The minimum absolute atomic E-state index is 0. The van der Waals surface area contributed by atoms with Crippen molar-refractivity contribution in [3.05, 3.63) is 16.0 Å². The van der Waals surface area contributed by atoms with Crippen LogP contribution in [-0.4, -0.2) is 77.8 Å². The van der Waals surface area contributed by atoms with E-state index in [-0.39, 0.29) is 39.9 Å². The largest absolute Gasteiger partial charge is 4.00 e. The van der Waals surface area contributed by atoms with E-state index in [1.165, 1.54) is 4.94 Å². The summed E-state index contributed by atoms with van der Waals surface area (Å²) >= 11 is 3.04. The molecule has 0 aliphatic heterocycles. The second-order valence-corrected chi connectivity index (χ2v) is 18.9. The van der Waals surface area contributed by atoms with E-state index in [4.69, 9.17) is 0 Å². The monoisotopic (exact) mass is 822 g/mol. The van der Waals surface area contributed by atoms with Gasteiger partial charge in [0.2, 0.25) is 0 Å². The molecule has 0 spiro atoms. The average molecular weight is 822 g/mol. The maximum Gasteiger partial charge on any atom is 4.00 e. The molecule has 6 nitrogen and oxygen atoms in total. The minimum Gasteiger partial charge on any atom is 4.00 e. The Labute approximate surface area is 274 Å². The second-order valence-electron chi connectivity index (χ2n) is 11.7. The molecule has 0 aromatic rings. The Hall–Kier alpha value is 0.471. The second kappa shape index (κ2) is 28.0. The molecule has 0 atom stereocenters. The third kappa shape index (κ3) is 57.4. The summed E-state index contributed by atoms with van der Waals surface area (Å²) in [6.45, 7) is 37.5. The molecule has 0 fully saturated rings. The Balaban J connectivity index is -0.000000124. The number of hydrogen-bond acceptors (Lipinski definition) is 3. The molecule has 0 heterocycles. The van der Waals surface area contributed by atoms with Crippen molar-refractivity contribution in [2.75, 3.05) is 0 Å². The molecule has 0 N–H and O–H groups in total. The summed E-state index contributed by atoms with van der Waals surface area (Å²) in [5.74, 6) is 2.72. The predicted octanol–water partition coefficient (Wildman–Crippen LogP) is 9.24. The third-order valence-corrected chi connectivity index (χ3v) is 9.42. The summed E-state index contributed by atoms with van der Waals surface area (Å²) in [6, 6.07) is 2.18. The van der Waals surface area contributed by atoms with Crippen LogP contribution in [0.4, 0.5) is 0 Å². The summed E-state index contributed by atoms with van der Waals surface area (Å²) in [4.78, 5) is 14.1. The van der Waals surface area contributed by atoms with Gasteiger partial charge in [0, 0.05) is 0 Å². The Morgan fingerprint density at radius 3 is 0.784 bits per heavy atom. The van der Waals surface area contributed by atoms with Crippen molar-refractivity contribution < 1.29 is 39.9 Å². The van der Waals surface area contributed by atoms with E-state index >= 15 is 0 Å². The number of rotatable bonds is 7. The summed E-state index contributed by atoms with van der Waals surface area (Å²) < 4.78 is 0. The first-order valence-corrected chi connectivity index (χ1v) is 18.4. The van der Waals surface area contributed by atoms with Crippen molar-refractivity contribution in [3.63, 3.8) is 0 Å². The molecule has 0 aliphatic carbocycles. The Kier molecular flexibility index (Phi) is 35.8. The van der Waals surface area contributed by atoms with Gasteiger partial charge in [-0.3, -0.25) is 0 Å². The van der Waals surface area contributed by atoms with Gasteiger partial charge >= 0.3 is 88.6 Å². The first kappa shape index (κ1) is 47.3. The molecule has 0 radical (unpaired) electrons.